The molecule has 0 saturated heterocycles. The van der Waals surface area contributed by atoms with Crippen molar-refractivity contribution in [2.45, 2.75) is 20.4 Å². The van der Waals surface area contributed by atoms with E-state index >= 15 is 0 Å². The van der Waals surface area contributed by atoms with Gasteiger partial charge in [0, 0.05) is 23.8 Å². The van der Waals surface area contributed by atoms with Crippen molar-refractivity contribution >= 4 is 32.7 Å². The van der Waals surface area contributed by atoms with Crippen LogP contribution in [0.3, 0.4) is 0 Å². The van der Waals surface area contributed by atoms with Crippen molar-refractivity contribution < 1.29 is 0 Å². The van der Waals surface area contributed by atoms with E-state index in [1.54, 1.807) is 0 Å². The van der Waals surface area contributed by atoms with Crippen LogP contribution in [0, 0.1) is 0 Å². The zero-order valence-corrected chi connectivity index (χ0v) is 16.8. The van der Waals surface area contributed by atoms with Crippen molar-refractivity contribution in [1.82, 2.24) is 18.9 Å². The molecule has 4 aromatic rings. The Morgan fingerprint density at radius 1 is 1.00 bits per heavy atom. The summed E-state index contributed by atoms with van der Waals surface area (Å²) in [5.41, 5.74) is 4.61. The van der Waals surface area contributed by atoms with Crippen LogP contribution in [-0.2, 0) is 6.54 Å². The van der Waals surface area contributed by atoms with Gasteiger partial charge in [-0.05, 0) is 42.9 Å². The molecule has 0 N–H and O–H groups in total. The molecule has 0 aliphatic carbocycles. The lowest BCUT2D eigenvalue weighted by molar-refractivity contribution is 0.292. The minimum atomic E-state index is 0.924. The van der Waals surface area contributed by atoms with Gasteiger partial charge in [-0.25, -0.2) is 4.98 Å². The van der Waals surface area contributed by atoms with Crippen LogP contribution in [0.4, 0.5) is 0 Å². The third-order valence-electron chi connectivity index (χ3n) is 5.04. The second-order valence-electron chi connectivity index (χ2n) is 6.47. The second-order valence-corrected chi connectivity index (χ2v) is 7.39. The maximum Gasteiger partial charge on any atom is 0.215 e. The molecular weight excluding hydrogens is 388 g/mol. The number of para-hydroxylation sites is 2. The number of nitrogens with zero attached hydrogens (tertiary/aromatic N) is 4. The number of likely N-dealkylation sites (N-methyl/N-ethyl adjacent to an activating group) is 1. The predicted octanol–water partition coefficient (Wildman–Crippen LogP) is 5.06. The molecule has 2 aromatic heterocycles. The van der Waals surface area contributed by atoms with Crippen LogP contribution < -0.4 is 0 Å². The zero-order chi connectivity index (χ0) is 18.1. The summed E-state index contributed by atoms with van der Waals surface area (Å²) >= 11 is 3.53. The van der Waals surface area contributed by atoms with Crippen LogP contribution in [0.5, 0.6) is 0 Å². The second kappa shape index (κ2) is 7.25. The molecule has 0 fully saturated rings. The Morgan fingerprint density at radius 2 is 1.73 bits per heavy atom. The number of benzene rings is 2. The van der Waals surface area contributed by atoms with E-state index in [-0.39, 0.29) is 0 Å². The van der Waals surface area contributed by atoms with Crippen LogP contribution in [0.25, 0.3) is 28.1 Å². The summed E-state index contributed by atoms with van der Waals surface area (Å²) in [5, 5.41) is 0. The van der Waals surface area contributed by atoms with E-state index in [0.29, 0.717) is 0 Å². The third-order valence-corrected chi connectivity index (χ3v) is 5.56. The first kappa shape index (κ1) is 17.3. The SMILES string of the molecule is CCN(CC)CCn1c(-c2ccc(Br)cc2)cn2c3ccccc3nc12. The van der Waals surface area contributed by atoms with Gasteiger partial charge < -0.3 is 9.47 Å². The van der Waals surface area contributed by atoms with Crippen molar-refractivity contribution in [1.29, 1.82) is 0 Å². The van der Waals surface area contributed by atoms with Crippen LogP contribution in [0.2, 0.25) is 0 Å². The van der Waals surface area contributed by atoms with Gasteiger partial charge in [0.1, 0.15) is 0 Å². The van der Waals surface area contributed by atoms with Crippen molar-refractivity contribution in [3.63, 3.8) is 0 Å². The topological polar surface area (TPSA) is 25.5 Å². The van der Waals surface area contributed by atoms with Gasteiger partial charge in [-0.3, -0.25) is 4.40 Å². The van der Waals surface area contributed by atoms with E-state index in [4.69, 9.17) is 4.98 Å². The Balaban J connectivity index is 1.85. The molecule has 0 unspecified atom stereocenters. The molecule has 2 heterocycles. The van der Waals surface area contributed by atoms with E-state index < -0.39 is 0 Å². The first-order valence-electron chi connectivity index (χ1n) is 9.16. The monoisotopic (exact) mass is 410 g/mol. The molecule has 4 rings (SSSR count). The normalized spacial score (nSPS) is 11.8. The van der Waals surface area contributed by atoms with Gasteiger partial charge in [-0.15, -0.1) is 0 Å². The first-order valence-corrected chi connectivity index (χ1v) is 9.95. The van der Waals surface area contributed by atoms with E-state index in [0.717, 1.165) is 47.5 Å². The highest BCUT2D eigenvalue weighted by Gasteiger charge is 2.15. The number of aromatic nitrogens is 3. The molecule has 5 heteroatoms. The predicted molar refractivity (Wildman–Crippen MR) is 112 cm³/mol. The maximum absolute atomic E-state index is 4.91. The fourth-order valence-corrected chi connectivity index (χ4v) is 3.77. The summed E-state index contributed by atoms with van der Waals surface area (Å²) in [6.07, 6.45) is 2.22. The molecule has 0 atom stereocenters. The highest BCUT2D eigenvalue weighted by Crippen LogP contribution is 2.27. The number of fused-ring (bicyclic) bond motifs is 3. The Labute approximate surface area is 162 Å². The Morgan fingerprint density at radius 3 is 2.46 bits per heavy atom. The maximum atomic E-state index is 4.91. The summed E-state index contributed by atoms with van der Waals surface area (Å²) in [6.45, 7) is 8.51. The van der Waals surface area contributed by atoms with Crippen molar-refractivity contribution in [2.75, 3.05) is 19.6 Å². The van der Waals surface area contributed by atoms with Crippen molar-refractivity contribution in [3.05, 3.63) is 59.2 Å². The minimum absolute atomic E-state index is 0.924. The quantitative estimate of drug-likeness (QED) is 0.443. The Bertz CT molecular complexity index is 1030. The summed E-state index contributed by atoms with van der Waals surface area (Å²) in [4.78, 5) is 7.36. The van der Waals surface area contributed by atoms with Crippen LogP contribution in [0.15, 0.2) is 59.2 Å². The van der Waals surface area contributed by atoms with Crippen molar-refractivity contribution in [3.8, 4) is 11.3 Å². The van der Waals surface area contributed by atoms with Gasteiger partial charge in [-0.1, -0.05) is 54.0 Å². The van der Waals surface area contributed by atoms with Crippen LogP contribution in [0.1, 0.15) is 13.8 Å². The highest BCUT2D eigenvalue weighted by molar-refractivity contribution is 9.10. The number of imidazole rings is 2. The van der Waals surface area contributed by atoms with Gasteiger partial charge in [0.15, 0.2) is 0 Å². The summed E-state index contributed by atoms with van der Waals surface area (Å²) in [7, 11) is 0. The van der Waals surface area contributed by atoms with Crippen LogP contribution in [-0.4, -0.2) is 38.5 Å². The summed E-state index contributed by atoms with van der Waals surface area (Å²) in [5.74, 6) is 1.01. The number of halogens is 1. The van der Waals surface area contributed by atoms with E-state index in [2.05, 4.69) is 92.3 Å². The molecule has 0 spiro atoms. The minimum Gasteiger partial charge on any atom is -0.308 e. The van der Waals surface area contributed by atoms with E-state index in [1.807, 2.05) is 6.07 Å². The first-order chi connectivity index (χ1) is 12.7. The highest BCUT2D eigenvalue weighted by atomic mass is 79.9. The molecular formula is C21H23BrN4. The molecule has 0 radical (unpaired) electrons. The van der Waals surface area contributed by atoms with Gasteiger partial charge in [0.2, 0.25) is 5.78 Å². The lowest BCUT2D eigenvalue weighted by Gasteiger charge is -2.19. The molecule has 0 aliphatic rings. The molecule has 0 bridgehead atoms. The van der Waals surface area contributed by atoms with Crippen LogP contribution >= 0.6 is 15.9 Å². The average molecular weight is 411 g/mol. The lowest BCUT2D eigenvalue weighted by Crippen LogP contribution is -2.27. The third kappa shape index (κ3) is 3.06. The molecule has 0 aliphatic heterocycles. The van der Waals surface area contributed by atoms with E-state index in [9.17, 15) is 0 Å². The molecule has 4 nitrogen and oxygen atoms in total. The molecule has 26 heavy (non-hydrogen) atoms. The molecule has 2 aromatic carbocycles. The fourth-order valence-electron chi connectivity index (χ4n) is 3.50. The average Bonchev–Trinajstić information content (AvgIpc) is 3.20. The fraction of sp³-hybridized carbons (Fsp3) is 0.286. The summed E-state index contributed by atoms with van der Waals surface area (Å²) in [6, 6.07) is 16.8. The molecule has 134 valence electrons. The van der Waals surface area contributed by atoms with Crippen molar-refractivity contribution in [2.24, 2.45) is 0 Å². The standard InChI is InChI=1S/C21H23BrN4/c1-3-24(4-2)13-14-25-20(16-9-11-17(22)12-10-16)15-26-19-8-6-5-7-18(19)23-21(25)26/h5-12,15H,3-4,13-14H2,1-2H3. The number of hydrogen-bond donors (Lipinski definition) is 0. The van der Waals surface area contributed by atoms with Gasteiger partial charge in [-0.2, -0.15) is 0 Å². The number of rotatable bonds is 6. The molecule has 0 saturated carbocycles. The summed E-state index contributed by atoms with van der Waals surface area (Å²) < 4.78 is 5.66. The smallest absolute Gasteiger partial charge is 0.215 e. The largest absolute Gasteiger partial charge is 0.308 e. The lowest BCUT2D eigenvalue weighted by atomic mass is 10.1. The van der Waals surface area contributed by atoms with Gasteiger partial charge in [0.25, 0.3) is 0 Å². The van der Waals surface area contributed by atoms with Gasteiger partial charge in [0.05, 0.1) is 16.7 Å². The zero-order valence-electron chi connectivity index (χ0n) is 15.2. The Hall–Kier alpha value is -2.11. The number of hydrogen-bond acceptors (Lipinski definition) is 2. The Kier molecular flexibility index (Phi) is 4.83. The molecule has 0 amide bonds. The van der Waals surface area contributed by atoms with Gasteiger partial charge >= 0.3 is 0 Å². The van der Waals surface area contributed by atoms with E-state index in [1.165, 1.54) is 11.3 Å².